The lowest BCUT2D eigenvalue weighted by Gasteiger charge is -2.08. The number of hydrogen-bond donors (Lipinski definition) is 1. The molecule has 19 heavy (non-hydrogen) atoms. The van der Waals surface area contributed by atoms with Crippen LogP contribution in [0.25, 0.3) is 0 Å². The highest BCUT2D eigenvalue weighted by Gasteiger charge is 2.24. The van der Waals surface area contributed by atoms with E-state index in [9.17, 15) is 22.0 Å². The molecule has 0 unspecified atom stereocenters. The zero-order chi connectivity index (χ0) is 14.6. The first-order chi connectivity index (χ1) is 8.77. The molecule has 0 amide bonds. The quantitative estimate of drug-likeness (QED) is 0.627. The summed E-state index contributed by atoms with van der Waals surface area (Å²) in [5.41, 5.74) is -0.847. The summed E-state index contributed by atoms with van der Waals surface area (Å²) in [4.78, 5) is 10.3. The fourth-order valence-electron chi connectivity index (χ4n) is 1.22. The van der Waals surface area contributed by atoms with Gasteiger partial charge in [-0.3, -0.25) is 0 Å². The molecule has 1 aromatic rings. The van der Waals surface area contributed by atoms with Gasteiger partial charge in [0.1, 0.15) is 17.3 Å². The van der Waals surface area contributed by atoms with Crippen LogP contribution in [0.2, 0.25) is 0 Å². The van der Waals surface area contributed by atoms with Crippen molar-refractivity contribution >= 4 is 16.0 Å². The Hall–Kier alpha value is -1.58. The van der Waals surface area contributed by atoms with Crippen molar-refractivity contribution in [2.24, 2.45) is 5.14 Å². The van der Waals surface area contributed by atoms with E-state index >= 15 is 0 Å². The molecule has 106 valence electrons. The SMILES string of the molecule is COCCOC(=O)c1cc(F)cc(S(N)(=O)=O)c1F. The largest absolute Gasteiger partial charge is 0.460 e. The summed E-state index contributed by atoms with van der Waals surface area (Å²) in [7, 11) is -3.13. The highest BCUT2D eigenvalue weighted by atomic mass is 32.2. The standard InChI is InChI=1S/C10H11F2NO5S/c1-17-2-3-18-10(14)7-4-6(11)5-8(9(7)12)19(13,15)16/h4-5H,2-3H2,1H3,(H2,13,15,16). The number of methoxy groups -OCH3 is 1. The van der Waals surface area contributed by atoms with Crippen LogP contribution < -0.4 is 5.14 Å². The molecular formula is C10H11F2NO5S. The Morgan fingerprint density at radius 2 is 1.95 bits per heavy atom. The molecule has 2 N–H and O–H groups in total. The van der Waals surface area contributed by atoms with E-state index in [-0.39, 0.29) is 13.2 Å². The van der Waals surface area contributed by atoms with Crippen molar-refractivity contribution < 1.29 is 31.5 Å². The van der Waals surface area contributed by atoms with Crippen LogP contribution in [0.3, 0.4) is 0 Å². The number of carbonyl (C=O) groups is 1. The molecule has 0 aliphatic carbocycles. The molecule has 1 aromatic carbocycles. The van der Waals surface area contributed by atoms with E-state index in [0.717, 1.165) is 0 Å². The highest BCUT2D eigenvalue weighted by molar-refractivity contribution is 7.89. The van der Waals surface area contributed by atoms with E-state index in [4.69, 9.17) is 5.14 Å². The number of primary sulfonamides is 1. The summed E-state index contributed by atoms with van der Waals surface area (Å²) >= 11 is 0. The van der Waals surface area contributed by atoms with Crippen molar-refractivity contribution in [2.45, 2.75) is 4.90 Å². The number of hydrogen-bond acceptors (Lipinski definition) is 5. The van der Waals surface area contributed by atoms with Gasteiger partial charge in [0.25, 0.3) is 0 Å². The van der Waals surface area contributed by atoms with Gasteiger partial charge in [0.15, 0.2) is 5.82 Å². The van der Waals surface area contributed by atoms with E-state index in [1.165, 1.54) is 7.11 Å². The third-order valence-corrected chi connectivity index (χ3v) is 2.96. The van der Waals surface area contributed by atoms with Gasteiger partial charge in [0, 0.05) is 7.11 Å². The Labute approximate surface area is 108 Å². The minimum atomic E-state index is -4.48. The Balaban J connectivity index is 3.15. The molecule has 9 heteroatoms. The molecule has 6 nitrogen and oxygen atoms in total. The number of esters is 1. The predicted octanol–water partition coefficient (Wildman–Crippen LogP) is 0.415. The van der Waals surface area contributed by atoms with Crippen molar-refractivity contribution in [1.29, 1.82) is 0 Å². The lowest BCUT2D eigenvalue weighted by atomic mass is 10.2. The average molecular weight is 295 g/mol. The molecule has 0 atom stereocenters. The molecule has 0 aromatic heterocycles. The van der Waals surface area contributed by atoms with E-state index in [1.54, 1.807) is 0 Å². The van der Waals surface area contributed by atoms with E-state index in [1.807, 2.05) is 0 Å². The van der Waals surface area contributed by atoms with Crippen molar-refractivity contribution in [2.75, 3.05) is 20.3 Å². The van der Waals surface area contributed by atoms with Gasteiger partial charge in [0.2, 0.25) is 10.0 Å². The lowest BCUT2D eigenvalue weighted by molar-refractivity contribution is 0.0382. The van der Waals surface area contributed by atoms with Crippen molar-refractivity contribution in [3.63, 3.8) is 0 Å². The zero-order valence-electron chi connectivity index (χ0n) is 9.85. The molecule has 1 rings (SSSR count). The molecule has 0 spiro atoms. The van der Waals surface area contributed by atoms with Gasteiger partial charge in [-0.15, -0.1) is 0 Å². The van der Waals surface area contributed by atoms with Gasteiger partial charge in [-0.25, -0.2) is 27.1 Å². The van der Waals surface area contributed by atoms with Gasteiger partial charge in [-0.1, -0.05) is 0 Å². The number of halogens is 2. The van der Waals surface area contributed by atoms with Crippen LogP contribution in [-0.4, -0.2) is 34.7 Å². The van der Waals surface area contributed by atoms with Crippen molar-refractivity contribution in [1.82, 2.24) is 0 Å². The van der Waals surface area contributed by atoms with Gasteiger partial charge in [-0.2, -0.15) is 0 Å². The van der Waals surface area contributed by atoms with Crippen LogP contribution >= 0.6 is 0 Å². The van der Waals surface area contributed by atoms with Crippen LogP contribution in [0.5, 0.6) is 0 Å². The maximum absolute atomic E-state index is 13.8. The smallest absolute Gasteiger partial charge is 0.341 e. The second-order valence-electron chi connectivity index (χ2n) is 3.44. The summed E-state index contributed by atoms with van der Waals surface area (Å²) in [6.07, 6.45) is 0. The van der Waals surface area contributed by atoms with E-state index < -0.39 is 38.1 Å². The van der Waals surface area contributed by atoms with Gasteiger partial charge < -0.3 is 9.47 Å². The fourth-order valence-corrected chi connectivity index (χ4v) is 1.85. The minimum absolute atomic E-state index is 0.0602. The van der Waals surface area contributed by atoms with Crippen LogP contribution in [0.4, 0.5) is 8.78 Å². The maximum Gasteiger partial charge on any atom is 0.341 e. The number of nitrogens with two attached hydrogens (primary N) is 1. The van der Waals surface area contributed by atoms with Crippen molar-refractivity contribution in [3.05, 3.63) is 29.3 Å². The second kappa shape index (κ2) is 6.04. The Morgan fingerprint density at radius 1 is 1.32 bits per heavy atom. The number of sulfonamides is 1. The number of carbonyl (C=O) groups excluding carboxylic acids is 1. The Kier molecular flexibility index (Phi) is 4.92. The molecular weight excluding hydrogens is 284 g/mol. The second-order valence-corrected chi connectivity index (χ2v) is 4.97. The monoisotopic (exact) mass is 295 g/mol. The molecule has 0 aliphatic heterocycles. The van der Waals surface area contributed by atoms with Gasteiger partial charge in [0.05, 0.1) is 12.2 Å². The summed E-state index contributed by atoms with van der Waals surface area (Å²) in [6.45, 7) is -0.124. The first kappa shape index (κ1) is 15.5. The van der Waals surface area contributed by atoms with Crippen molar-refractivity contribution in [3.8, 4) is 0 Å². The number of rotatable bonds is 5. The molecule has 0 heterocycles. The summed E-state index contributed by atoms with van der Waals surface area (Å²) in [5.74, 6) is -3.78. The highest BCUT2D eigenvalue weighted by Crippen LogP contribution is 2.20. The summed E-state index contributed by atoms with van der Waals surface area (Å²) in [5, 5.41) is 4.71. The molecule has 0 aliphatic rings. The first-order valence-corrected chi connectivity index (χ1v) is 6.50. The third kappa shape index (κ3) is 3.94. The lowest BCUT2D eigenvalue weighted by Crippen LogP contribution is -2.18. The molecule has 0 radical (unpaired) electrons. The van der Waals surface area contributed by atoms with E-state index in [2.05, 4.69) is 9.47 Å². The summed E-state index contributed by atoms with van der Waals surface area (Å²) < 4.78 is 58.2. The van der Waals surface area contributed by atoms with Crippen LogP contribution in [0, 0.1) is 11.6 Å². The van der Waals surface area contributed by atoms with Gasteiger partial charge in [-0.05, 0) is 12.1 Å². The van der Waals surface area contributed by atoms with Gasteiger partial charge >= 0.3 is 5.97 Å². The summed E-state index contributed by atoms with van der Waals surface area (Å²) in [6, 6.07) is 0.912. The molecule has 0 saturated carbocycles. The van der Waals surface area contributed by atoms with Crippen LogP contribution in [0.1, 0.15) is 10.4 Å². The average Bonchev–Trinajstić information content (AvgIpc) is 2.30. The Morgan fingerprint density at radius 3 is 2.47 bits per heavy atom. The number of benzene rings is 1. The van der Waals surface area contributed by atoms with Crippen LogP contribution in [0.15, 0.2) is 17.0 Å². The van der Waals surface area contributed by atoms with E-state index in [0.29, 0.717) is 12.1 Å². The fraction of sp³-hybridized carbons (Fsp3) is 0.300. The minimum Gasteiger partial charge on any atom is -0.460 e. The molecule has 0 saturated heterocycles. The maximum atomic E-state index is 13.8. The molecule has 0 bridgehead atoms. The Bertz CT molecular complexity index is 588. The topological polar surface area (TPSA) is 95.7 Å². The zero-order valence-corrected chi connectivity index (χ0v) is 10.7. The normalized spacial score (nSPS) is 11.4. The first-order valence-electron chi connectivity index (χ1n) is 4.95. The molecule has 0 fully saturated rings. The number of ether oxygens (including phenoxy) is 2. The predicted molar refractivity (Wildman–Crippen MR) is 59.9 cm³/mol. The third-order valence-electron chi connectivity index (χ3n) is 2.05. The van der Waals surface area contributed by atoms with Crippen LogP contribution in [-0.2, 0) is 19.5 Å².